The molecule has 2 aromatic carbocycles. The molecule has 0 aliphatic heterocycles. The Balaban J connectivity index is 1.78. The number of ether oxygens (including phenoxy) is 1. The second-order valence-corrected chi connectivity index (χ2v) is 5.64. The molecule has 1 aromatic heterocycles. The van der Waals surface area contributed by atoms with Gasteiger partial charge in [-0.05, 0) is 29.8 Å². The molecule has 0 atom stereocenters. The summed E-state index contributed by atoms with van der Waals surface area (Å²) in [6.07, 6.45) is -4.53. The molecule has 0 saturated heterocycles. The predicted octanol–water partition coefficient (Wildman–Crippen LogP) is 4.31. The minimum absolute atomic E-state index is 0.00920. The van der Waals surface area contributed by atoms with E-state index in [-0.39, 0.29) is 24.3 Å². The molecule has 0 aliphatic carbocycles. The van der Waals surface area contributed by atoms with Gasteiger partial charge in [-0.25, -0.2) is 4.39 Å². The molecule has 3 rings (SSSR count). The first-order chi connectivity index (χ1) is 13.4. The van der Waals surface area contributed by atoms with Crippen molar-refractivity contribution in [2.24, 2.45) is 0 Å². The Kier molecular flexibility index (Phi) is 5.87. The zero-order valence-corrected chi connectivity index (χ0v) is 14.4. The third-order valence-corrected chi connectivity index (χ3v) is 3.37. The zero-order valence-electron chi connectivity index (χ0n) is 14.4. The van der Waals surface area contributed by atoms with E-state index in [1.54, 1.807) is 36.4 Å². The standard InChI is InChI=1S/C18H15F4N5O/c19-13-8-6-12(7-9-13)10-23-15-25-16(24-14-4-2-1-3-5-14)27-17(26-15)28-11-18(20,21)22/h1-9H,10-11H2,(H2,23,24,25,26,27). The van der Waals surface area contributed by atoms with Crippen LogP contribution in [0.3, 0.4) is 0 Å². The Bertz CT molecular complexity index is 904. The predicted molar refractivity (Wildman–Crippen MR) is 94.8 cm³/mol. The lowest BCUT2D eigenvalue weighted by atomic mass is 10.2. The molecule has 0 aliphatic rings. The maximum absolute atomic E-state index is 13.0. The molecule has 0 amide bonds. The first-order valence-electron chi connectivity index (χ1n) is 8.13. The van der Waals surface area contributed by atoms with Gasteiger partial charge in [0.15, 0.2) is 6.61 Å². The molecule has 146 valence electrons. The SMILES string of the molecule is Fc1ccc(CNc2nc(Nc3ccccc3)nc(OCC(F)(F)F)n2)cc1. The van der Waals surface area contributed by atoms with Gasteiger partial charge < -0.3 is 15.4 Å². The molecular weight excluding hydrogens is 378 g/mol. The van der Waals surface area contributed by atoms with E-state index < -0.39 is 18.8 Å². The Labute approximate surface area is 157 Å². The van der Waals surface area contributed by atoms with E-state index >= 15 is 0 Å². The van der Waals surface area contributed by atoms with Crippen LogP contribution in [0.4, 0.5) is 35.1 Å². The summed E-state index contributed by atoms with van der Waals surface area (Å²) in [5, 5.41) is 5.73. The Morgan fingerprint density at radius 1 is 0.857 bits per heavy atom. The highest BCUT2D eigenvalue weighted by atomic mass is 19.4. The number of aromatic nitrogens is 3. The number of nitrogens with one attached hydrogen (secondary N) is 2. The van der Waals surface area contributed by atoms with E-state index in [4.69, 9.17) is 0 Å². The van der Waals surface area contributed by atoms with E-state index in [1.807, 2.05) is 6.07 Å². The van der Waals surface area contributed by atoms with Crippen LogP contribution in [0.25, 0.3) is 0 Å². The summed E-state index contributed by atoms with van der Waals surface area (Å²) in [6, 6.07) is 14.1. The first-order valence-corrected chi connectivity index (χ1v) is 8.13. The van der Waals surface area contributed by atoms with E-state index in [2.05, 4.69) is 30.3 Å². The Morgan fingerprint density at radius 2 is 1.54 bits per heavy atom. The van der Waals surface area contributed by atoms with E-state index in [0.29, 0.717) is 5.69 Å². The molecule has 6 nitrogen and oxygen atoms in total. The van der Waals surface area contributed by atoms with Crippen LogP contribution in [0, 0.1) is 5.82 Å². The normalized spacial score (nSPS) is 11.1. The number of alkyl halides is 3. The molecule has 3 aromatic rings. The first kappa shape index (κ1) is 19.3. The van der Waals surface area contributed by atoms with Crippen molar-refractivity contribution in [3.8, 4) is 6.01 Å². The monoisotopic (exact) mass is 393 g/mol. The minimum Gasteiger partial charge on any atom is -0.454 e. The molecule has 0 spiro atoms. The number of benzene rings is 2. The molecule has 0 saturated carbocycles. The number of halogens is 4. The smallest absolute Gasteiger partial charge is 0.422 e. The highest BCUT2D eigenvalue weighted by Gasteiger charge is 2.29. The number of anilines is 3. The molecule has 28 heavy (non-hydrogen) atoms. The van der Waals surface area contributed by atoms with Crippen molar-refractivity contribution in [2.45, 2.75) is 12.7 Å². The summed E-state index contributed by atoms with van der Waals surface area (Å²) >= 11 is 0. The summed E-state index contributed by atoms with van der Waals surface area (Å²) in [4.78, 5) is 11.8. The van der Waals surface area contributed by atoms with Crippen molar-refractivity contribution in [3.05, 3.63) is 66.0 Å². The zero-order chi connectivity index (χ0) is 20.0. The van der Waals surface area contributed by atoms with Gasteiger partial charge in [0.25, 0.3) is 0 Å². The average Bonchev–Trinajstić information content (AvgIpc) is 2.66. The van der Waals surface area contributed by atoms with Gasteiger partial charge in [-0.15, -0.1) is 0 Å². The van der Waals surface area contributed by atoms with Gasteiger partial charge in [-0.1, -0.05) is 30.3 Å². The summed E-state index contributed by atoms with van der Waals surface area (Å²) in [7, 11) is 0. The number of hydrogen-bond donors (Lipinski definition) is 2. The highest BCUT2D eigenvalue weighted by molar-refractivity contribution is 5.54. The van der Waals surface area contributed by atoms with Crippen molar-refractivity contribution in [2.75, 3.05) is 17.2 Å². The fraction of sp³-hybridized carbons (Fsp3) is 0.167. The lowest BCUT2D eigenvalue weighted by Crippen LogP contribution is -2.21. The van der Waals surface area contributed by atoms with E-state index in [1.165, 1.54) is 12.1 Å². The van der Waals surface area contributed by atoms with Gasteiger partial charge in [-0.2, -0.15) is 28.1 Å². The number of para-hydroxylation sites is 1. The van der Waals surface area contributed by atoms with Gasteiger partial charge in [0.2, 0.25) is 11.9 Å². The van der Waals surface area contributed by atoms with Crippen LogP contribution in [-0.2, 0) is 6.54 Å². The minimum atomic E-state index is -4.53. The third-order valence-electron chi connectivity index (χ3n) is 3.37. The Morgan fingerprint density at radius 3 is 2.21 bits per heavy atom. The van der Waals surface area contributed by atoms with Crippen LogP contribution in [0.1, 0.15) is 5.56 Å². The molecule has 2 N–H and O–H groups in total. The van der Waals surface area contributed by atoms with Gasteiger partial charge >= 0.3 is 12.2 Å². The van der Waals surface area contributed by atoms with Crippen molar-refractivity contribution < 1.29 is 22.3 Å². The summed E-state index contributed by atoms with van der Waals surface area (Å²) < 4.78 is 54.9. The summed E-state index contributed by atoms with van der Waals surface area (Å²) in [5.41, 5.74) is 1.37. The van der Waals surface area contributed by atoms with Crippen LogP contribution in [0.2, 0.25) is 0 Å². The van der Waals surface area contributed by atoms with Crippen molar-refractivity contribution in [3.63, 3.8) is 0 Å². The lowest BCUT2D eigenvalue weighted by Gasteiger charge is -2.12. The van der Waals surface area contributed by atoms with Crippen LogP contribution in [0.5, 0.6) is 6.01 Å². The van der Waals surface area contributed by atoms with Crippen LogP contribution < -0.4 is 15.4 Å². The molecular formula is C18H15F4N5O. The van der Waals surface area contributed by atoms with Crippen molar-refractivity contribution >= 4 is 17.6 Å². The fourth-order valence-corrected chi connectivity index (χ4v) is 2.14. The van der Waals surface area contributed by atoms with E-state index in [9.17, 15) is 17.6 Å². The maximum atomic E-state index is 13.0. The molecule has 10 heteroatoms. The fourth-order valence-electron chi connectivity index (χ4n) is 2.14. The van der Waals surface area contributed by atoms with E-state index in [0.717, 1.165) is 5.56 Å². The molecule has 0 unspecified atom stereocenters. The van der Waals surface area contributed by atoms with Gasteiger partial charge in [0, 0.05) is 12.2 Å². The second kappa shape index (κ2) is 8.51. The molecule has 0 bridgehead atoms. The Hall–Kier alpha value is -3.43. The quantitative estimate of drug-likeness (QED) is 0.583. The summed E-state index contributed by atoms with van der Waals surface area (Å²) in [6.45, 7) is -1.30. The lowest BCUT2D eigenvalue weighted by molar-refractivity contribution is -0.154. The maximum Gasteiger partial charge on any atom is 0.422 e. The van der Waals surface area contributed by atoms with Gasteiger partial charge in [-0.3, -0.25) is 0 Å². The molecule has 0 fully saturated rings. The number of nitrogens with zero attached hydrogens (tertiary/aromatic N) is 3. The number of hydrogen-bond acceptors (Lipinski definition) is 6. The van der Waals surface area contributed by atoms with Crippen LogP contribution in [-0.4, -0.2) is 27.7 Å². The molecule has 1 heterocycles. The molecule has 0 radical (unpaired) electrons. The van der Waals surface area contributed by atoms with Crippen LogP contribution >= 0.6 is 0 Å². The van der Waals surface area contributed by atoms with Gasteiger partial charge in [0.05, 0.1) is 0 Å². The van der Waals surface area contributed by atoms with Crippen LogP contribution in [0.15, 0.2) is 54.6 Å². The van der Waals surface area contributed by atoms with Gasteiger partial charge in [0.1, 0.15) is 5.82 Å². The highest BCUT2D eigenvalue weighted by Crippen LogP contribution is 2.20. The third kappa shape index (κ3) is 6.08. The average molecular weight is 393 g/mol. The van der Waals surface area contributed by atoms with Crippen molar-refractivity contribution in [1.82, 2.24) is 15.0 Å². The summed E-state index contributed by atoms with van der Waals surface area (Å²) in [5.74, 6) is -0.351. The largest absolute Gasteiger partial charge is 0.454 e. The topological polar surface area (TPSA) is 72.0 Å². The number of rotatable bonds is 7. The second-order valence-electron chi connectivity index (χ2n) is 5.64. The van der Waals surface area contributed by atoms with Crippen molar-refractivity contribution in [1.29, 1.82) is 0 Å².